The molecular formula is C23H18ClN5OS. The van der Waals surface area contributed by atoms with Crippen LogP contribution in [0.3, 0.4) is 0 Å². The van der Waals surface area contributed by atoms with Gasteiger partial charge in [-0.25, -0.2) is 4.98 Å². The summed E-state index contributed by atoms with van der Waals surface area (Å²) in [4.78, 5) is 21.6. The SMILES string of the molecule is Cc1nn(Cc2ccccc2Cl)c2sc(C(=O)N3CCn4c3nc3ccccc34)cc12. The summed E-state index contributed by atoms with van der Waals surface area (Å²) in [7, 11) is 0. The molecule has 1 aliphatic heterocycles. The van der Waals surface area contributed by atoms with Crippen LogP contribution in [0.15, 0.2) is 54.6 Å². The predicted octanol–water partition coefficient (Wildman–Crippen LogP) is 5.12. The molecule has 0 fully saturated rings. The zero-order valence-corrected chi connectivity index (χ0v) is 18.3. The minimum Gasteiger partial charge on any atom is -0.308 e. The number of rotatable bonds is 3. The van der Waals surface area contributed by atoms with E-state index in [1.165, 1.54) is 11.3 Å². The molecule has 0 radical (unpaired) electrons. The van der Waals surface area contributed by atoms with Crippen molar-refractivity contribution in [3.63, 3.8) is 0 Å². The molecule has 5 aromatic rings. The second kappa shape index (κ2) is 6.93. The lowest BCUT2D eigenvalue weighted by Crippen LogP contribution is -2.28. The number of fused-ring (bicyclic) bond motifs is 4. The van der Waals surface area contributed by atoms with Crippen LogP contribution in [0.1, 0.15) is 20.9 Å². The topological polar surface area (TPSA) is 56.0 Å². The minimum absolute atomic E-state index is 0.0149. The van der Waals surface area contributed by atoms with Crippen molar-refractivity contribution in [1.29, 1.82) is 0 Å². The minimum atomic E-state index is -0.0149. The van der Waals surface area contributed by atoms with Crippen LogP contribution in [0.25, 0.3) is 21.3 Å². The summed E-state index contributed by atoms with van der Waals surface area (Å²) < 4.78 is 4.05. The summed E-state index contributed by atoms with van der Waals surface area (Å²) in [6.07, 6.45) is 0. The Bertz CT molecular complexity index is 1480. The molecule has 0 unspecified atom stereocenters. The molecule has 6 rings (SSSR count). The maximum absolute atomic E-state index is 13.4. The van der Waals surface area contributed by atoms with E-state index in [0.29, 0.717) is 23.0 Å². The van der Waals surface area contributed by atoms with Crippen molar-refractivity contribution in [2.45, 2.75) is 20.0 Å². The van der Waals surface area contributed by atoms with Crippen molar-refractivity contribution >= 4 is 56.0 Å². The summed E-state index contributed by atoms with van der Waals surface area (Å²) in [5.41, 5.74) is 3.89. The molecule has 6 nitrogen and oxygen atoms in total. The fourth-order valence-electron chi connectivity index (χ4n) is 4.23. The van der Waals surface area contributed by atoms with Gasteiger partial charge in [-0.2, -0.15) is 5.10 Å². The van der Waals surface area contributed by atoms with Crippen LogP contribution < -0.4 is 4.90 Å². The molecule has 4 heterocycles. The highest BCUT2D eigenvalue weighted by Crippen LogP contribution is 2.33. The Hall–Kier alpha value is -3.16. The predicted molar refractivity (Wildman–Crippen MR) is 124 cm³/mol. The highest BCUT2D eigenvalue weighted by Gasteiger charge is 2.30. The van der Waals surface area contributed by atoms with Gasteiger partial charge >= 0.3 is 0 Å². The third-order valence-electron chi connectivity index (χ3n) is 5.76. The first kappa shape index (κ1) is 18.6. The molecule has 3 aromatic heterocycles. The number of aryl methyl sites for hydroxylation is 1. The summed E-state index contributed by atoms with van der Waals surface area (Å²) in [6, 6.07) is 17.7. The zero-order valence-electron chi connectivity index (χ0n) is 16.7. The van der Waals surface area contributed by atoms with E-state index in [-0.39, 0.29) is 5.91 Å². The summed E-state index contributed by atoms with van der Waals surface area (Å²) in [6.45, 7) is 3.93. The number of carbonyl (C=O) groups excluding carboxylic acids is 1. The molecule has 154 valence electrons. The summed E-state index contributed by atoms with van der Waals surface area (Å²) in [5.74, 6) is 0.706. The number of benzene rings is 2. The molecular weight excluding hydrogens is 430 g/mol. The van der Waals surface area contributed by atoms with E-state index < -0.39 is 0 Å². The molecule has 0 saturated heterocycles. The standard InChI is InChI=1S/C23H18ClN5OS/c1-14-16-12-20(31-22(16)29(26-14)13-15-6-2-3-7-17(15)24)21(30)28-11-10-27-19-9-5-4-8-18(19)25-23(27)28/h2-9,12H,10-11,13H2,1H3. The second-order valence-electron chi connectivity index (χ2n) is 7.67. The lowest BCUT2D eigenvalue weighted by Gasteiger charge is -2.12. The number of halogens is 1. The number of nitrogens with zero attached hydrogens (tertiary/aromatic N) is 5. The Morgan fingerprint density at radius 3 is 2.81 bits per heavy atom. The Morgan fingerprint density at radius 2 is 1.94 bits per heavy atom. The molecule has 2 aromatic carbocycles. The van der Waals surface area contributed by atoms with Crippen LogP contribution in [0.2, 0.25) is 5.02 Å². The Balaban J connectivity index is 1.37. The van der Waals surface area contributed by atoms with Crippen LogP contribution in [-0.2, 0) is 13.1 Å². The van der Waals surface area contributed by atoms with E-state index in [0.717, 1.165) is 45.0 Å². The zero-order chi connectivity index (χ0) is 21.1. The molecule has 0 N–H and O–H groups in total. The first-order chi connectivity index (χ1) is 15.1. The third kappa shape index (κ3) is 2.88. The number of carbonyl (C=O) groups is 1. The second-order valence-corrected chi connectivity index (χ2v) is 9.11. The van der Waals surface area contributed by atoms with Gasteiger partial charge in [-0.15, -0.1) is 11.3 Å². The maximum Gasteiger partial charge on any atom is 0.270 e. The number of thiophene rings is 1. The van der Waals surface area contributed by atoms with Crippen LogP contribution in [0.4, 0.5) is 5.95 Å². The number of amides is 1. The fraction of sp³-hybridized carbons (Fsp3) is 0.174. The average Bonchev–Trinajstić information content (AvgIpc) is 3.51. The van der Waals surface area contributed by atoms with Gasteiger partial charge in [0, 0.05) is 23.5 Å². The van der Waals surface area contributed by atoms with Gasteiger partial charge < -0.3 is 4.57 Å². The number of para-hydroxylation sites is 2. The molecule has 1 aliphatic rings. The number of anilines is 1. The van der Waals surface area contributed by atoms with Gasteiger partial charge in [0.1, 0.15) is 4.83 Å². The van der Waals surface area contributed by atoms with Gasteiger partial charge in [-0.05, 0) is 36.8 Å². The Morgan fingerprint density at radius 1 is 1.13 bits per heavy atom. The molecule has 31 heavy (non-hydrogen) atoms. The van der Waals surface area contributed by atoms with E-state index in [1.807, 2.05) is 66.2 Å². The highest BCUT2D eigenvalue weighted by molar-refractivity contribution is 7.20. The molecule has 0 spiro atoms. The highest BCUT2D eigenvalue weighted by atomic mass is 35.5. The number of imidazole rings is 1. The van der Waals surface area contributed by atoms with Crippen molar-refractivity contribution in [3.8, 4) is 0 Å². The first-order valence-corrected chi connectivity index (χ1v) is 11.3. The molecule has 0 saturated carbocycles. The fourth-order valence-corrected chi connectivity index (χ4v) is 5.53. The Kier molecular flexibility index (Phi) is 4.16. The largest absolute Gasteiger partial charge is 0.308 e. The van der Waals surface area contributed by atoms with Crippen molar-refractivity contribution in [2.75, 3.05) is 11.4 Å². The summed E-state index contributed by atoms with van der Waals surface area (Å²) >= 11 is 7.82. The lowest BCUT2D eigenvalue weighted by molar-refractivity contribution is 0.0992. The first-order valence-electron chi connectivity index (χ1n) is 10.1. The van der Waals surface area contributed by atoms with E-state index in [9.17, 15) is 4.79 Å². The van der Waals surface area contributed by atoms with Crippen LogP contribution >= 0.6 is 22.9 Å². The van der Waals surface area contributed by atoms with Crippen molar-refractivity contribution in [1.82, 2.24) is 19.3 Å². The molecule has 0 atom stereocenters. The van der Waals surface area contributed by atoms with Gasteiger partial charge in [-0.3, -0.25) is 14.4 Å². The van der Waals surface area contributed by atoms with E-state index >= 15 is 0 Å². The third-order valence-corrected chi connectivity index (χ3v) is 7.27. The van der Waals surface area contributed by atoms with Crippen LogP contribution in [0, 0.1) is 6.92 Å². The molecule has 1 amide bonds. The van der Waals surface area contributed by atoms with Gasteiger partial charge in [0.25, 0.3) is 5.91 Å². The smallest absolute Gasteiger partial charge is 0.270 e. The normalized spacial score (nSPS) is 13.4. The maximum atomic E-state index is 13.4. The quantitative estimate of drug-likeness (QED) is 0.386. The van der Waals surface area contributed by atoms with E-state index in [1.54, 1.807) is 4.90 Å². The van der Waals surface area contributed by atoms with Crippen LogP contribution in [0.5, 0.6) is 0 Å². The number of aromatic nitrogens is 4. The van der Waals surface area contributed by atoms with Crippen LogP contribution in [-0.4, -0.2) is 31.8 Å². The van der Waals surface area contributed by atoms with E-state index in [2.05, 4.69) is 9.67 Å². The lowest BCUT2D eigenvalue weighted by atomic mass is 10.2. The van der Waals surface area contributed by atoms with Crippen molar-refractivity contribution in [2.24, 2.45) is 0 Å². The van der Waals surface area contributed by atoms with Gasteiger partial charge in [0.2, 0.25) is 5.95 Å². The monoisotopic (exact) mass is 447 g/mol. The molecule has 0 aliphatic carbocycles. The van der Waals surface area contributed by atoms with Crippen molar-refractivity contribution in [3.05, 3.63) is 75.8 Å². The van der Waals surface area contributed by atoms with Crippen molar-refractivity contribution < 1.29 is 4.79 Å². The van der Waals surface area contributed by atoms with Gasteiger partial charge in [0.05, 0.1) is 28.1 Å². The van der Waals surface area contributed by atoms with Gasteiger partial charge in [0.15, 0.2) is 0 Å². The average molecular weight is 448 g/mol. The van der Waals surface area contributed by atoms with E-state index in [4.69, 9.17) is 16.6 Å². The number of hydrogen-bond acceptors (Lipinski definition) is 4. The van der Waals surface area contributed by atoms with Gasteiger partial charge in [-0.1, -0.05) is 41.9 Å². The number of hydrogen-bond donors (Lipinski definition) is 0. The summed E-state index contributed by atoms with van der Waals surface area (Å²) in [5, 5.41) is 6.40. The molecule has 0 bridgehead atoms. The Labute approximate surface area is 187 Å². The molecule has 8 heteroatoms.